The van der Waals surface area contributed by atoms with E-state index in [4.69, 9.17) is 13.9 Å². The van der Waals surface area contributed by atoms with E-state index in [9.17, 15) is 35.4 Å². The predicted molar refractivity (Wildman–Crippen MR) is 101 cm³/mol. The fraction of sp³-hybridized carbons (Fsp3) is 0.250. The minimum atomic E-state index is -1.80. The first-order valence-corrected chi connectivity index (χ1v) is 8.89. The maximum Gasteiger partial charge on any atom is 0.231 e. The molecule has 158 valence electrons. The third-order valence-corrected chi connectivity index (χ3v) is 4.73. The second-order valence-corrected chi connectivity index (χ2v) is 6.82. The predicted octanol–water partition coefficient (Wildman–Crippen LogP) is 0.00740. The van der Waals surface area contributed by atoms with Gasteiger partial charge in [-0.3, -0.25) is 4.79 Å². The molecule has 5 atom stereocenters. The van der Waals surface area contributed by atoms with E-state index >= 15 is 0 Å². The highest BCUT2D eigenvalue weighted by atomic mass is 16.7. The zero-order valence-electron chi connectivity index (χ0n) is 15.2. The number of aromatic hydroxyl groups is 2. The first-order chi connectivity index (χ1) is 14.2. The maximum absolute atomic E-state index is 12.5. The largest absolute Gasteiger partial charge is 0.508 e. The van der Waals surface area contributed by atoms with Crippen molar-refractivity contribution < 1.29 is 44.5 Å². The third-order valence-electron chi connectivity index (χ3n) is 4.73. The van der Waals surface area contributed by atoms with Crippen molar-refractivity contribution >= 4 is 11.0 Å². The molecule has 4 rings (SSSR count). The van der Waals surface area contributed by atoms with E-state index in [0.717, 1.165) is 6.07 Å². The molecule has 0 amide bonds. The van der Waals surface area contributed by atoms with Crippen LogP contribution >= 0.6 is 0 Å². The Kier molecular flexibility index (Phi) is 5.10. The molecular formula is C20H18O10. The molecule has 3 aromatic rings. The molecule has 0 unspecified atom stereocenters. The summed E-state index contributed by atoms with van der Waals surface area (Å²) in [5.74, 6) is -0.339. The van der Waals surface area contributed by atoms with Crippen LogP contribution in [0.5, 0.6) is 17.2 Å². The molecule has 30 heavy (non-hydrogen) atoms. The van der Waals surface area contributed by atoms with Gasteiger partial charge < -0.3 is 44.5 Å². The maximum atomic E-state index is 12.5. The molecule has 10 nitrogen and oxygen atoms in total. The molecule has 1 aromatic heterocycles. The minimum absolute atomic E-state index is 0.0352. The minimum Gasteiger partial charge on any atom is -0.508 e. The van der Waals surface area contributed by atoms with E-state index in [2.05, 4.69) is 0 Å². The van der Waals surface area contributed by atoms with Gasteiger partial charge >= 0.3 is 0 Å². The van der Waals surface area contributed by atoms with Crippen LogP contribution < -0.4 is 10.2 Å². The third kappa shape index (κ3) is 3.58. The van der Waals surface area contributed by atoms with Crippen LogP contribution in [0.4, 0.5) is 0 Å². The van der Waals surface area contributed by atoms with Gasteiger partial charge in [-0.15, -0.1) is 0 Å². The van der Waals surface area contributed by atoms with Gasteiger partial charge in [0.05, 0.1) is 0 Å². The van der Waals surface area contributed by atoms with Crippen molar-refractivity contribution in [1.82, 2.24) is 0 Å². The first kappa shape index (κ1) is 20.1. The standard InChI is InChI=1S/C20H18O10/c21-9-3-1-8(2-4-9)13-7-12(23)15-11(22)5-10(6-14(15)29-13)28-20-18(26)16(24)17(25)19(27)30-20/h1-7,16-22,24-27H/t16-,17-,18+,19-,20-/m0/s1. The Morgan fingerprint density at radius 1 is 0.867 bits per heavy atom. The van der Waals surface area contributed by atoms with E-state index in [1.165, 1.54) is 24.3 Å². The molecule has 0 aliphatic carbocycles. The fourth-order valence-corrected chi connectivity index (χ4v) is 3.14. The Balaban J connectivity index is 1.72. The van der Waals surface area contributed by atoms with Crippen molar-refractivity contribution in [3.63, 3.8) is 0 Å². The van der Waals surface area contributed by atoms with E-state index in [1.807, 2.05) is 0 Å². The summed E-state index contributed by atoms with van der Waals surface area (Å²) in [6.07, 6.45) is -8.53. The van der Waals surface area contributed by atoms with Crippen LogP contribution in [0.25, 0.3) is 22.3 Å². The molecule has 1 aliphatic heterocycles. The van der Waals surface area contributed by atoms with Crippen LogP contribution in [-0.4, -0.2) is 61.5 Å². The Morgan fingerprint density at radius 3 is 2.27 bits per heavy atom. The lowest BCUT2D eigenvalue weighted by Crippen LogP contribution is -2.59. The molecule has 6 N–H and O–H groups in total. The summed E-state index contributed by atoms with van der Waals surface area (Å²) in [6, 6.07) is 9.46. The van der Waals surface area contributed by atoms with Gasteiger partial charge in [0, 0.05) is 23.8 Å². The molecular weight excluding hydrogens is 400 g/mol. The highest BCUT2D eigenvalue weighted by Crippen LogP contribution is 2.33. The molecule has 1 fully saturated rings. The number of phenols is 2. The van der Waals surface area contributed by atoms with E-state index in [-0.39, 0.29) is 28.2 Å². The zero-order chi connectivity index (χ0) is 21.6. The Labute approximate surface area is 168 Å². The van der Waals surface area contributed by atoms with Gasteiger partial charge in [0.1, 0.15) is 52.3 Å². The topological polar surface area (TPSA) is 170 Å². The second kappa shape index (κ2) is 7.59. The van der Waals surface area contributed by atoms with Gasteiger partial charge in [-0.2, -0.15) is 0 Å². The monoisotopic (exact) mass is 418 g/mol. The van der Waals surface area contributed by atoms with Gasteiger partial charge in [0.15, 0.2) is 11.7 Å². The van der Waals surface area contributed by atoms with Gasteiger partial charge in [0.2, 0.25) is 6.29 Å². The van der Waals surface area contributed by atoms with Crippen molar-refractivity contribution in [2.24, 2.45) is 0 Å². The summed E-state index contributed by atoms with van der Waals surface area (Å²) in [6.45, 7) is 0. The van der Waals surface area contributed by atoms with Gasteiger partial charge in [-0.25, -0.2) is 0 Å². The second-order valence-electron chi connectivity index (χ2n) is 6.82. The quantitative estimate of drug-likeness (QED) is 0.340. The van der Waals surface area contributed by atoms with E-state index in [0.29, 0.717) is 5.56 Å². The summed E-state index contributed by atoms with van der Waals surface area (Å²) in [5, 5.41) is 58.5. The normalized spacial score (nSPS) is 26.6. The SMILES string of the molecule is O=c1cc(-c2ccc(O)cc2)oc2cc(O[C@H]3O[C@H](O)[C@@H](O)[C@H](O)[C@H]3O)cc(O)c12. The summed E-state index contributed by atoms with van der Waals surface area (Å²) < 4.78 is 16.0. The molecule has 10 heteroatoms. The average molecular weight is 418 g/mol. The highest BCUT2D eigenvalue weighted by Gasteiger charge is 2.44. The molecule has 0 bridgehead atoms. The number of phenolic OH excluding ortho intramolecular Hbond substituents is 2. The lowest BCUT2D eigenvalue weighted by molar-refractivity contribution is -0.321. The van der Waals surface area contributed by atoms with Crippen LogP contribution in [-0.2, 0) is 4.74 Å². The number of ether oxygens (including phenoxy) is 2. The van der Waals surface area contributed by atoms with Crippen molar-refractivity contribution in [2.75, 3.05) is 0 Å². The molecule has 1 saturated heterocycles. The molecule has 0 spiro atoms. The smallest absolute Gasteiger partial charge is 0.231 e. The van der Waals surface area contributed by atoms with E-state index < -0.39 is 42.1 Å². The number of fused-ring (bicyclic) bond motifs is 1. The Hall–Kier alpha value is -3.15. The lowest BCUT2D eigenvalue weighted by Gasteiger charge is -2.37. The molecule has 0 radical (unpaired) electrons. The molecule has 1 aliphatic rings. The summed E-state index contributed by atoms with van der Waals surface area (Å²) in [7, 11) is 0. The number of benzene rings is 2. The Morgan fingerprint density at radius 2 is 1.57 bits per heavy atom. The van der Waals surface area contributed by atoms with E-state index in [1.54, 1.807) is 12.1 Å². The van der Waals surface area contributed by atoms with Crippen LogP contribution in [0.2, 0.25) is 0 Å². The summed E-state index contributed by atoms with van der Waals surface area (Å²) in [5.41, 5.74) is -0.0535. The number of hydrogen-bond acceptors (Lipinski definition) is 10. The zero-order valence-corrected chi connectivity index (χ0v) is 15.2. The number of aliphatic hydroxyl groups excluding tert-OH is 4. The van der Waals surface area contributed by atoms with Crippen molar-refractivity contribution in [2.45, 2.75) is 30.9 Å². The lowest BCUT2D eigenvalue weighted by atomic mass is 10.0. The number of hydrogen-bond donors (Lipinski definition) is 6. The van der Waals surface area contributed by atoms with Crippen molar-refractivity contribution in [3.8, 4) is 28.6 Å². The summed E-state index contributed by atoms with van der Waals surface area (Å²) >= 11 is 0. The molecule has 2 heterocycles. The van der Waals surface area contributed by atoms with Crippen molar-refractivity contribution in [3.05, 3.63) is 52.7 Å². The number of rotatable bonds is 3. The molecule has 0 saturated carbocycles. The number of aliphatic hydroxyl groups is 4. The van der Waals surface area contributed by atoms with Crippen molar-refractivity contribution in [1.29, 1.82) is 0 Å². The van der Waals surface area contributed by atoms with Crippen LogP contribution in [0.1, 0.15) is 0 Å². The highest BCUT2D eigenvalue weighted by molar-refractivity contribution is 5.86. The fourth-order valence-electron chi connectivity index (χ4n) is 3.14. The Bertz CT molecular complexity index is 1120. The van der Waals surface area contributed by atoms with Gasteiger partial charge in [0.25, 0.3) is 0 Å². The van der Waals surface area contributed by atoms with Gasteiger partial charge in [-0.05, 0) is 24.3 Å². The first-order valence-electron chi connectivity index (χ1n) is 8.89. The van der Waals surface area contributed by atoms with Crippen LogP contribution in [0.15, 0.2) is 51.7 Å². The van der Waals surface area contributed by atoms with Crippen LogP contribution in [0, 0.1) is 0 Å². The van der Waals surface area contributed by atoms with Crippen LogP contribution in [0.3, 0.4) is 0 Å². The summed E-state index contributed by atoms with van der Waals surface area (Å²) in [4.78, 5) is 12.5. The molecule has 2 aromatic carbocycles. The van der Waals surface area contributed by atoms with Gasteiger partial charge in [-0.1, -0.05) is 0 Å². The average Bonchev–Trinajstić information content (AvgIpc) is 2.70.